The molecule has 0 bridgehead atoms. The van der Waals surface area contributed by atoms with Crippen molar-refractivity contribution in [1.29, 1.82) is 0 Å². The van der Waals surface area contributed by atoms with E-state index in [9.17, 15) is 14.3 Å². The normalized spacial score (nSPS) is 10.3. The van der Waals surface area contributed by atoms with Gasteiger partial charge in [-0.1, -0.05) is 11.6 Å². The number of carbonyl (C=O) groups is 1. The van der Waals surface area contributed by atoms with Gasteiger partial charge in [0.25, 0.3) is 5.91 Å². The lowest BCUT2D eigenvalue weighted by Gasteiger charge is -2.17. The van der Waals surface area contributed by atoms with Crippen LogP contribution >= 0.6 is 11.6 Å². The maximum absolute atomic E-state index is 13.3. The SMILES string of the molecule is CN(C(=O)c1ccc(Cl)c(F)c1)c1ccc(O)cc1. The third-order valence-electron chi connectivity index (χ3n) is 2.71. The molecule has 2 rings (SSSR count). The van der Waals surface area contributed by atoms with Crippen LogP contribution in [0.4, 0.5) is 10.1 Å². The minimum atomic E-state index is -0.633. The van der Waals surface area contributed by atoms with Crippen molar-refractivity contribution >= 4 is 23.2 Å². The molecule has 1 N–H and O–H groups in total. The fourth-order valence-corrected chi connectivity index (χ4v) is 1.73. The van der Waals surface area contributed by atoms with Gasteiger partial charge in [-0.3, -0.25) is 4.79 Å². The first-order valence-corrected chi connectivity index (χ1v) is 5.89. The molecule has 0 aliphatic carbocycles. The first-order chi connectivity index (χ1) is 8.99. The van der Waals surface area contributed by atoms with Crippen LogP contribution < -0.4 is 4.90 Å². The van der Waals surface area contributed by atoms with Gasteiger partial charge in [0.05, 0.1) is 5.02 Å². The van der Waals surface area contributed by atoms with E-state index in [0.29, 0.717) is 5.69 Å². The molecule has 0 aromatic heterocycles. The maximum atomic E-state index is 13.3. The Kier molecular flexibility index (Phi) is 3.71. The third kappa shape index (κ3) is 2.85. The highest BCUT2D eigenvalue weighted by Crippen LogP contribution is 2.21. The Balaban J connectivity index is 2.28. The molecule has 2 aromatic carbocycles. The first-order valence-electron chi connectivity index (χ1n) is 5.51. The van der Waals surface area contributed by atoms with Crippen LogP contribution in [-0.2, 0) is 0 Å². The van der Waals surface area contributed by atoms with Gasteiger partial charge in [0, 0.05) is 18.3 Å². The first kappa shape index (κ1) is 13.4. The number of amides is 1. The Morgan fingerprint density at radius 1 is 1.21 bits per heavy atom. The van der Waals surface area contributed by atoms with E-state index >= 15 is 0 Å². The predicted octanol–water partition coefficient (Wildman–Crippen LogP) is 3.46. The molecule has 0 atom stereocenters. The molecular weight excluding hydrogens is 269 g/mol. The summed E-state index contributed by atoms with van der Waals surface area (Å²) < 4.78 is 13.3. The molecule has 0 saturated heterocycles. The van der Waals surface area contributed by atoms with Gasteiger partial charge >= 0.3 is 0 Å². The molecule has 0 saturated carbocycles. The van der Waals surface area contributed by atoms with Crippen LogP contribution in [0.3, 0.4) is 0 Å². The number of anilines is 1. The van der Waals surface area contributed by atoms with Gasteiger partial charge in [-0.15, -0.1) is 0 Å². The molecule has 0 aliphatic heterocycles. The zero-order chi connectivity index (χ0) is 14.0. The number of hydrogen-bond donors (Lipinski definition) is 1. The lowest BCUT2D eigenvalue weighted by atomic mass is 10.2. The predicted molar refractivity (Wildman–Crippen MR) is 72.3 cm³/mol. The monoisotopic (exact) mass is 279 g/mol. The zero-order valence-corrected chi connectivity index (χ0v) is 10.9. The largest absolute Gasteiger partial charge is 0.508 e. The summed E-state index contributed by atoms with van der Waals surface area (Å²) in [6.45, 7) is 0. The highest BCUT2D eigenvalue weighted by molar-refractivity contribution is 6.30. The summed E-state index contributed by atoms with van der Waals surface area (Å²) in [5, 5.41) is 9.17. The summed E-state index contributed by atoms with van der Waals surface area (Å²) in [6.07, 6.45) is 0. The zero-order valence-electron chi connectivity index (χ0n) is 10.1. The Morgan fingerprint density at radius 2 is 1.84 bits per heavy atom. The highest BCUT2D eigenvalue weighted by Gasteiger charge is 2.15. The van der Waals surface area contributed by atoms with E-state index in [1.165, 1.54) is 29.2 Å². The number of carbonyl (C=O) groups excluding carboxylic acids is 1. The van der Waals surface area contributed by atoms with Crippen molar-refractivity contribution in [2.75, 3.05) is 11.9 Å². The lowest BCUT2D eigenvalue weighted by Crippen LogP contribution is -2.26. The van der Waals surface area contributed by atoms with E-state index in [1.807, 2.05) is 0 Å². The second kappa shape index (κ2) is 5.28. The standard InChI is InChI=1S/C14H11ClFNO2/c1-17(10-3-5-11(18)6-4-10)14(19)9-2-7-12(15)13(16)8-9/h2-8,18H,1H3. The minimum absolute atomic E-state index is 0.0242. The second-order valence-corrected chi connectivity index (χ2v) is 4.42. The molecule has 0 aliphatic rings. The summed E-state index contributed by atoms with van der Waals surface area (Å²) in [5.41, 5.74) is 0.802. The molecule has 5 heteroatoms. The Labute approximate surface area is 114 Å². The second-order valence-electron chi connectivity index (χ2n) is 4.01. The lowest BCUT2D eigenvalue weighted by molar-refractivity contribution is 0.0992. The van der Waals surface area contributed by atoms with E-state index in [-0.39, 0.29) is 22.2 Å². The number of nitrogens with zero attached hydrogens (tertiary/aromatic N) is 1. The topological polar surface area (TPSA) is 40.5 Å². The van der Waals surface area contributed by atoms with Gasteiger partial charge in [-0.05, 0) is 42.5 Å². The molecule has 3 nitrogen and oxygen atoms in total. The minimum Gasteiger partial charge on any atom is -0.508 e. The van der Waals surface area contributed by atoms with Crippen molar-refractivity contribution in [2.45, 2.75) is 0 Å². The van der Waals surface area contributed by atoms with Crippen LogP contribution in [0.5, 0.6) is 5.75 Å². The molecule has 0 heterocycles. The molecule has 0 unspecified atom stereocenters. The van der Waals surface area contributed by atoms with Crippen molar-refractivity contribution < 1.29 is 14.3 Å². The summed E-state index contributed by atoms with van der Waals surface area (Å²) in [7, 11) is 1.57. The van der Waals surface area contributed by atoms with Crippen LogP contribution in [0.15, 0.2) is 42.5 Å². The maximum Gasteiger partial charge on any atom is 0.258 e. The molecule has 1 amide bonds. The summed E-state index contributed by atoms with van der Waals surface area (Å²) in [5.74, 6) is -0.880. The number of aromatic hydroxyl groups is 1. The Morgan fingerprint density at radius 3 is 2.42 bits per heavy atom. The highest BCUT2D eigenvalue weighted by atomic mass is 35.5. The van der Waals surface area contributed by atoms with Crippen LogP contribution in [0.2, 0.25) is 5.02 Å². The number of rotatable bonds is 2. The smallest absolute Gasteiger partial charge is 0.258 e. The number of hydrogen-bond acceptors (Lipinski definition) is 2. The van der Waals surface area contributed by atoms with Crippen molar-refractivity contribution in [1.82, 2.24) is 0 Å². The molecule has 0 spiro atoms. The van der Waals surface area contributed by atoms with Crippen LogP contribution in [0.1, 0.15) is 10.4 Å². The number of benzene rings is 2. The van der Waals surface area contributed by atoms with Gasteiger partial charge in [0.15, 0.2) is 0 Å². The van der Waals surface area contributed by atoms with Crippen molar-refractivity contribution in [3.63, 3.8) is 0 Å². The quantitative estimate of drug-likeness (QED) is 0.914. The average molecular weight is 280 g/mol. The van der Waals surface area contributed by atoms with Gasteiger partial charge in [0.1, 0.15) is 11.6 Å². The summed E-state index contributed by atoms with van der Waals surface area (Å²) >= 11 is 5.57. The molecule has 0 fully saturated rings. The Bertz CT molecular complexity index is 613. The summed E-state index contributed by atoms with van der Waals surface area (Å²) in [4.78, 5) is 13.5. The fraction of sp³-hybridized carbons (Fsp3) is 0.0714. The summed E-state index contributed by atoms with van der Waals surface area (Å²) in [6, 6.07) is 10.0. The van der Waals surface area contributed by atoms with E-state index in [2.05, 4.69) is 0 Å². The van der Waals surface area contributed by atoms with Crippen molar-refractivity contribution in [3.05, 3.63) is 58.9 Å². The van der Waals surface area contributed by atoms with Gasteiger partial charge < -0.3 is 10.0 Å². The third-order valence-corrected chi connectivity index (χ3v) is 3.01. The number of phenols is 1. The molecule has 2 aromatic rings. The molecule has 19 heavy (non-hydrogen) atoms. The van der Waals surface area contributed by atoms with Crippen molar-refractivity contribution in [3.8, 4) is 5.75 Å². The van der Waals surface area contributed by atoms with E-state index in [1.54, 1.807) is 19.2 Å². The molecular formula is C14H11ClFNO2. The number of phenolic OH excluding ortho intramolecular Hbond substituents is 1. The van der Waals surface area contributed by atoms with Gasteiger partial charge in [0.2, 0.25) is 0 Å². The van der Waals surface area contributed by atoms with Crippen LogP contribution in [-0.4, -0.2) is 18.1 Å². The van der Waals surface area contributed by atoms with Crippen LogP contribution in [0.25, 0.3) is 0 Å². The van der Waals surface area contributed by atoms with Crippen LogP contribution in [0, 0.1) is 5.82 Å². The fourth-order valence-electron chi connectivity index (χ4n) is 1.62. The van der Waals surface area contributed by atoms with E-state index in [0.717, 1.165) is 6.07 Å². The Hall–Kier alpha value is -2.07. The van der Waals surface area contributed by atoms with E-state index < -0.39 is 5.82 Å². The average Bonchev–Trinajstić information content (AvgIpc) is 2.41. The molecule has 98 valence electrons. The van der Waals surface area contributed by atoms with E-state index in [4.69, 9.17) is 11.6 Å². The van der Waals surface area contributed by atoms with Gasteiger partial charge in [-0.2, -0.15) is 0 Å². The molecule has 0 radical (unpaired) electrons. The van der Waals surface area contributed by atoms with Crippen molar-refractivity contribution in [2.24, 2.45) is 0 Å². The van der Waals surface area contributed by atoms with Gasteiger partial charge in [-0.25, -0.2) is 4.39 Å². The number of halogens is 2.